The predicted molar refractivity (Wildman–Crippen MR) is 252 cm³/mol. The second kappa shape index (κ2) is 16.5. The van der Waals surface area contributed by atoms with Crippen molar-refractivity contribution in [2.45, 2.75) is 201 Å². The van der Waals surface area contributed by atoms with Crippen molar-refractivity contribution < 1.29 is 28.4 Å². The number of epoxide rings is 3. The molecule has 0 spiro atoms. The second-order valence-corrected chi connectivity index (χ2v) is 24.9. The van der Waals surface area contributed by atoms with Gasteiger partial charge in [0.25, 0.3) is 0 Å². The van der Waals surface area contributed by atoms with Crippen LogP contribution in [0.4, 0.5) is 0 Å². The van der Waals surface area contributed by atoms with E-state index in [1.54, 1.807) is 0 Å². The molecular weight excluding hydrogens is 757 g/mol. The van der Waals surface area contributed by atoms with E-state index in [1.165, 1.54) is 50.1 Å². The van der Waals surface area contributed by atoms with E-state index in [0.29, 0.717) is 19.8 Å². The van der Waals surface area contributed by atoms with Gasteiger partial charge in [0.1, 0.15) is 55.4 Å². The summed E-state index contributed by atoms with van der Waals surface area (Å²) in [5.41, 5.74) is 10.4. The molecule has 6 nitrogen and oxygen atoms in total. The van der Waals surface area contributed by atoms with Crippen LogP contribution in [0.5, 0.6) is 17.2 Å². The van der Waals surface area contributed by atoms with E-state index in [-0.39, 0.29) is 50.8 Å². The normalized spacial score (nSPS) is 20.6. The minimum absolute atomic E-state index is 0.100. The zero-order valence-corrected chi connectivity index (χ0v) is 41.8. The molecule has 6 heteroatoms. The highest BCUT2D eigenvalue weighted by Crippen LogP contribution is 2.51. The molecule has 3 saturated heterocycles. The van der Waals surface area contributed by atoms with Gasteiger partial charge in [-0.2, -0.15) is 0 Å². The van der Waals surface area contributed by atoms with Crippen LogP contribution in [0.1, 0.15) is 188 Å². The van der Waals surface area contributed by atoms with Gasteiger partial charge in [0.15, 0.2) is 0 Å². The maximum Gasteiger partial charge on any atom is 0.123 e. The molecule has 3 aromatic carbocycles. The summed E-state index contributed by atoms with van der Waals surface area (Å²) >= 11 is 0. The first kappa shape index (κ1) is 47.4. The van der Waals surface area contributed by atoms with Crippen LogP contribution in [0.3, 0.4) is 0 Å². The van der Waals surface area contributed by atoms with Crippen LogP contribution in [-0.4, -0.2) is 58.0 Å². The summed E-state index contributed by atoms with van der Waals surface area (Å²) in [5.74, 6) is 2.91. The van der Waals surface area contributed by atoms with Crippen molar-refractivity contribution >= 4 is 0 Å². The minimum atomic E-state index is -0.434. The average Bonchev–Trinajstić information content (AvgIpc) is 3.95. The van der Waals surface area contributed by atoms with Gasteiger partial charge in [0, 0.05) is 5.41 Å². The lowest BCUT2D eigenvalue weighted by Gasteiger charge is -2.42. The summed E-state index contributed by atoms with van der Waals surface area (Å²) in [6.45, 7) is 48.6. The first-order valence-electron chi connectivity index (χ1n) is 23.2. The third-order valence-corrected chi connectivity index (χ3v) is 12.9. The van der Waals surface area contributed by atoms with E-state index >= 15 is 0 Å². The van der Waals surface area contributed by atoms with E-state index in [0.717, 1.165) is 49.9 Å². The van der Waals surface area contributed by atoms with Crippen molar-refractivity contribution in [2.24, 2.45) is 0 Å². The molecule has 0 N–H and O–H groups in total. The van der Waals surface area contributed by atoms with Crippen LogP contribution in [0.15, 0.2) is 36.4 Å². The largest absolute Gasteiger partial charge is 0.490 e. The standard InChI is InChI=1S/C55H82O6/c1-49(2,3)38-25-46(59-31-35-28-56-35)43(52(10,11)12)22-34(38)20-21-55(19,41-23-44(53(13,14)15)47(60-32-36-29-57-36)26-39(41)50(4,5)6)42-24-45(54(16,17)18)48(61-33-37-30-58-37)27-40(42)51(7,8)9/h22-27,35-37H,20-21,28-33H2,1-19H3. The van der Waals surface area contributed by atoms with Crippen molar-refractivity contribution in [3.8, 4) is 17.2 Å². The SMILES string of the molecule is CC(C)(C)c1cc(OCC2CO2)c(C(C)(C)C)cc1CCC(C)(c1cc(C(C)(C)C)c(OCC2CO2)cc1C(C)(C)C)c1cc(C(C)(C)C)c(OCC2CO2)cc1C(C)(C)C. The fraction of sp³-hybridized carbons (Fsp3) is 0.673. The number of aryl methyl sites for hydroxylation is 1. The molecule has 3 unspecified atom stereocenters. The summed E-state index contributed by atoms with van der Waals surface area (Å²) in [6.07, 6.45) is 2.30. The lowest BCUT2D eigenvalue weighted by atomic mass is 9.62. The third kappa shape index (κ3) is 11.4. The molecule has 61 heavy (non-hydrogen) atoms. The molecule has 338 valence electrons. The summed E-state index contributed by atoms with van der Waals surface area (Å²) < 4.78 is 36.9. The zero-order valence-electron chi connectivity index (χ0n) is 41.8. The maximum absolute atomic E-state index is 6.71. The van der Waals surface area contributed by atoms with Crippen LogP contribution >= 0.6 is 0 Å². The highest BCUT2D eigenvalue weighted by Gasteiger charge is 2.42. The van der Waals surface area contributed by atoms with Crippen molar-refractivity contribution in [3.05, 3.63) is 86.5 Å². The van der Waals surface area contributed by atoms with E-state index in [4.69, 9.17) is 28.4 Å². The van der Waals surface area contributed by atoms with Gasteiger partial charge < -0.3 is 28.4 Å². The Morgan fingerprint density at radius 1 is 0.377 bits per heavy atom. The Morgan fingerprint density at radius 2 is 0.656 bits per heavy atom. The molecule has 0 radical (unpaired) electrons. The molecule has 3 aliphatic heterocycles. The molecule has 0 aliphatic carbocycles. The third-order valence-electron chi connectivity index (χ3n) is 12.9. The fourth-order valence-electron chi connectivity index (χ4n) is 8.80. The van der Waals surface area contributed by atoms with Crippen LogP contribution in [-0.2, 0) is 58.5 Å². The number of ether oxygens (including phenoxy) is 6. The molecule has 3 aromatic rings. The lowest BCUT2D eigenvalue weighted by Crippen LogP contribution is -2.34. The smallest absolute Gasteiger partial charge is 0.123 e. The van der Waals surface area contributed by atoms with Crippen molar-refractivity contribution in [2.75, 3.05) is 39.6 Å². The number of hydrogen-bond acceptors (Lipinski definition) is 6. The summed E-state index contributed by atoms with van der Waals surface area (Å²) in [6, 6.07) is 14.7. The van der Waals surface area contributed by atoms with Gasteiger partial charge in [0.2, 0.25) is 0 Å². The van der Waals surface area contributed by atoms with Gasteiger partial charge in [-0.1, -0.05) is 150 Å². The van der Waals surface area contributed by atoms with Crippen molar-refractivity contribution in [1.82, 2.24) is 0 Å². The summed E-state index contributed by atoms with van der Waals surface area (Å²) in [4.78, 5) is 0. The number of benzene rings is 3. The highest BCUT2D eigenvalue weighted by atomic mass is 16.6. The Bertz CT molecular complexity index is 1940. The highest BCUT2D eigenvalue weighted by molar-refractivity contribution is 5.59. The van der Waals surface area contributed by atoms with Crippen molar-refractivity contribution in [1.29, 1.82) is 0 Å². The van der Waals surface area contributed by atoms with Gasteiger partial charge in [0.05, 0.1) is 19.8 Å². The van der Waals surface area contributed by atoms with E-state index in [1.807, 2.05) is 0 Å². The van der Waals surface area contributed by atoms with E-state index in [2.05, 4.69) is 168 Å². The van der Waals surface area contributed by atoms with Gasteiger partial charge in [-0.25, -0.2) is 0 Å². The molecular formula is C55H82O6. The van der Waals surface area contributed by atoms with Crippen LogP contribution < -0.4 is 14.2 Å². The topological polar surface area (TPSA) is 65.3 Å². The molecule has 6 rings (SSSR count). The van der Waals surface area contributed by atoms with Gasteiger partial charge in [-0.3, -0.25) is 0 Å². The first-order chi connectivity index (χ1) is 27.9. The first-order valence-corrected chi connectivity index (χ1v) is 23.2. The quantitative estimate of drug-likeness (QED) is 0.151. The number of hydrogen-bond donors (Lipinski definition) is 0. The van der Waals surface area contributed by atoms with E-state index in [9.17, 15) is 0 Å². The molecule has 0 amide bonds. The molecule has 0 aromatic heterocycles. The summed E-state index contributed by atoms with van der Waals surface area (Å²) in [5, 5.41) is 0. The molecule has 3 heterocycles. The Labute approximate surface area is 371 Å². The van der Waals surface area contributed by atoms with Crippen molar-refractivity contribution in [3.63, 3.8) is 0 Å². The number of rotatable bonds is 14. The Morgan fingerprint density at radius 3 is 0.934 bits per heavy atom. The van der Waals surface area contributed by atoms with Crippen LogP contribution in [0, 0.1) is 0 Å². The van der Waals surface area contributed by atoms with Gasteiger partial charge in [-0.15, -0.1) is 0 Å². The molecule has 3 atom stereocenters. The van der Waals surface area contributed by atoms with Crippen LogP contribution in [0.25, 0.3) is 0 Å². The molecule has 3 aliphatic rings. The molecule has 3 fully saturated rings. The van der Waals surface area contributed by atoms with Crippen LogP contribution in [0.2, 0.25) is 0 Å². The average molecular weight is 839 g/mol. The minimum Gasteiger partial charge on any atom is -0.490 e. The fourth-order valence-corrected chi connectivity index (χ4v) is 8.80. The molecule has 0 bridgehead atoms. The maximum atomic E-state index is 6.71. The Kier molecular flexibility index (Phi) is 12.8. The second-order valence-electron chi connectivity index (χ2n) is 24.9. The Balaban J connectivity index is 1.65. The zero-order chi connectivity index (χ0) is 45.3. The Hall–Kier alpha value is -3.06. The van der Waals surface area contributed by atoms with Gasteiger partial charge in [-0.05, 0) is 114 Å². The molecule has 0 saturated carbocycles. The van der Waals surface area contributed by atoms with Gasteiger partial charge >= 0.3 is 0 Å². The lowest BCUT2D eigenvalue weighted by molar-refractivity contribution is 0.257. The monoisotopic (exact) mass is 839 g/mol. The van der Waals surface area contributed by atoms with E-state index < -0.39 is 5.41 Å². The summed E-state index contributed by atoms with van der Waals surface area (Å²) in [7, 11) is 0. The predicted octanol–water partition coefficient (Wildman–Crippen LogP) is 12.7.